The lowest BCUT2D eigenvalue weighted by molar-refractivity contribution is 0.0524. The van der Waals surface area contributed by atoms with Gasteiger partial charge in [-0.2, -0.15) is 0 Å². The molecule has 0 saturated carbocycles. The number of nitrogens with one attached hydrogen (secondary N) is 1. The van der Waals surface area contributed by atoms with Crippen molar-refractivity contribution in [1.29, 1.82) is 0 Å². The van der Waals surface area contributed by atoms with E-state index in [-0.39, 0.29) is 17.7 Å². The molecule has 0 radical (unpaired) electrons. The van der Waals surface area contributed by atoms with Crippen molar-refractivity contribution in [2.45, 2.75) is 26.7 Å². The number of aryl methyl sites for hydroxylation is 1. The van der Waals surface area contributed by atoms with Crippen LogP contribution in [-0.2, 0) is 11.2 Å². The predicted molar refractivity (Wildman–Crippen MR) is 65.5 cm³/mol. The molecule has 0 aliphatic carbocycles. The molecule has 0 aliphatic rings. The van der Waals surface area contributed by atoms with Gasteiger partial charge in [-0.05, 0) is 19.4 Å². The Morgan fingerprint density at radius 2 is 2.00 bits per heavy atom. The van der Waals surface area contributed by atoms with E-state index in [4.69, 9.17) is 10.5 Å². The lowest BCUT2D eigenvalue weighted by Gasteiger charge is -2.09. The maximum atomic E-state index is 11.7. The molecule has 0 fully saturated rings. The zero-order valence-corrected chi connectivity index (χ0v) is 10.4. The summed E-state index contributed by atoms with van der Waals surface area (Å²) in [5.41, 5.74) is 4.90. The third-order valence-corrected chi connectivity index (χ3v) is 2.38. The number of nitrogens with two attached hydrogens (primary N) is 1. The second-order valence-corrected chi connectivity index (χ2v) is 3.74. The molecule has 0 unspecified atom stereocenters. The summed E-state index contributed by atoms with van der Waals surface area (Å²) in [6, 6.07) is 1.20. The largest absolute Gasteiger partial charge is 0.462 e. The van der Waals surface area contributed by atoms with Gasteiger partial charge in [-0.1, -0.05) is 13.3 Å². The summed E-state index contributed by atoms with van der Waals surface area (Å²) in [6.07, 6.45) is 1.26. The zero-order valence-electron chi connectivity index (χ0n) is 10.4. The molecule has 1 heterocycles. The fourth-order valence-corrected chi connectivity index (χ4v) is 1.59. The van der Waals surface area contributed by atoms with Crippen LogP contribution in [0.3, 0.4) is 0 Å². The molecule has 0 bridgehead atoms. The first kappa shape index (κ1) is 14.0. The van der Waals surface area contributed by atoms with Crippen LogP contribution in [0.1, 0.15) is 46.7 Å². The summed E-state index contributed by atoms with van der Waals surface area (Å²) >= 11 is 0. The normalized spacial score (nSPS) is 10.1. The van der Waals surface area contributed by atoms with Crippen LogP contribution in [0.5, 0.6) is 0 Å². The number of ether oxygens (including phenoxy) is 1. The molecule has 1 rings (SSSR count). The van der Waals surface area contributed by atoms with Crippen molar-refractivity contribution in [1.82, 2.24) is 4.98 Å². The molecule has 18 heavy (non-hydrogen) atoms. The predicted octanol–water partition coefficient (Wildman–Crippen LogP) is 0.603. The lowest BCUT2D eigenvalue weighted by atomic mass is 10.1. The highest BCUT2D eigenvalue weighted by atomic mass is 16.5. The SMILES string of the molecule is CCCc1[nH]c(=O)c(C(N)=O)cc1C(=O)OCC. The highest BCUT2D eigenvalue weighted by Crippen LogP contribution is 2.10. The summed E-state index contributed by atoms with van der Waals surface area (Å²) in [6.45, 7) is 3.81. The number of H-pyrrole nitrogens is 1. The molecule has 98 valence electrons. The van der Waals surface area contributed by atoms with E-state index in [1.54, 1.807) is 6.92 Å². The molecule has 0 saturated heterocycles. The second-order valence-electron chi connectivity index (χ2n) is 3.74. The number of pyridine rings is 1. The molecule has 6 nitrogen and oxygen atoms in total. The Labute approximate surface area is 104 Å². The molecule has 1 amide bonds. The Bertz CT molecular complexity index is 519. The summed E-state index contributed by atoms with van der Waals surface area (Å²) < 4.78 is 4.88. The second kappa shape index (κ2) is 6.00. The number of primary amides is 1. The van der Waals surface area contributed by atoms with Crippen molar-refractivity contribution in [3.8, 4) is 0 Å². The maximum absolute atomic E-state index is 11.7. The van der Waals surface area contributed by atoms with Crippen molar-refractivity contribution in [2.24, 2.45) is 5.73 Å². The van der Waals surface area contributed by atoms with Gasteiger partial charge in [0.15, 0.2) is 0 Å². The van der Waals surface area contributed by atoms with Crippen molar-refractivity contribution < 1.29 is 14.3 Å². The number of hydrogen-bond acceptors (Lipinski definition) is 4. The van der Waals surface area contributed by atoms with E-state index in [0.717, 1.165) is 6.42 Å². The minimum atomic E-state index is -0.871. The number of aromatic amines is 1. The molecule has 3 N–H and O–H groups in total. The minimum Gasteiger partial charge on any atom is -0.462 e. The maximum Gasteiger partial charge on any atom is 0.339 e. The van der Waals surface area contributed by atoms with Gasteiger partial charge >= 0.3 is 5.97 Å². The Hall–Kier alpha value is -2.11. The van der Waals surface area contributed by atoms with Crippen LogP contribution in [0.25, 0.3) is 0 Å². The van der Waals surface area contributed by atoms with Crippen LogP contribution in [-0.4, -0.2) is 23.5 Å². The van der Waals surface area contributed by atoms with Crippen LogP contribution in [0.15, 0.2) is 10.9 Å². The van der Waals surface area contributed by atoms with Crippen molar-refractivity contribution in [2.75, 3.05) is 6.61 Å². The van der Waals surface area contributed by atoms with E-state index in [9.17, 15) is 14.4 Å². The van der Waals surface area contributed by atoms with Crippen LogP contribution in [0.2, 0.25) is 0 Å². The fraction of sp³-hybridized carbons (Fsp3) is 0.417. The van der Waals surface area contributed by atoms with E-state index < -0.39 is 17.4 Å². The molecule has 0 aliphatic heterocycles. The molecular formula is C12H16N2O4. The van der Waals surface area contributed by atoms with Gasteiger partial charge in [0, 0.05) is 5.69 Å². The molecule has 1 aromatic rings. The quantitative estimate of drug-likeness (QED) is 0.749. The molecule has 0 spiro atoms. The number of esters is 1. The van der Waals surface area contributed by atoms with Crippen LogP contribution < -0.4 is 11.3 Å². The average Bonchev–Trinajstić information content (AvgIpc) is 2.29. The monoisotopic (exact) mass is 252 g/mol. The van der Waals surface area contributed by atoms with Gasteiger partial charge in [0.2, 0.25) is 0 Å². The van der Waals surface area contributed by atoms with Gasteiger partial charge in [-0.3, -0.25) is 9.59 Å². The summed E-state index contributed by atoms with van der Waals surface area (Å²) in [4.78, 5) is 36.9. The molecule has 0 atom stereocenters. The van der Waals surface area contributed by atoms with E-state index >= 15 is 0 Å². The number of hydrogen-bond donors (Lipinski definition) is 2. The van der Waals surface area contributed by atoms with Gasteiger partial charge in [-0.25, -0.2) is 4.79 Å². The average molecular weight is 252 g/mol. The first-order valence-electron chi connectivity index (χ1n) is 5.74. The van der Waals surface area contributed by atoms with E-state index in [0.29, 0.717) is 12.1 Å². The number of aromatic nitrogens is 1. The van der Waals surface area contributed by atoms with Gasteiger partial charge in [0.05, 0.1) is 12.2 Å². The smallest absolute Gasteiger partial charge is 0.339 e. The number of rotatable bonds is 5. The Morgan fingerprint density at radius 3 is 2.50 bits per heavy atom. The first-order chi connectivity index (χ1) is 8.51. The van der Waals surface area contributed by atoms with Crippen molar-refractivity contribution in [3.05, 3.63) is 33.2 Å². The van der Waals surface area contributed by atoms with Gasteiger partial charge in [0.25, 0.3) is 11.5 Å². The number of carbonyl (C=O) groups excluding carboxylic acids is 2. The molecule has 1 aromatic heterocycles. The molecule has 0 aromatic carbocycles. The minimum absolute atomic E-state index is 0.187. The van der Waals surface area contributed by atoms with Crippen LogP contribution >= 0.6 is 0 Å². The van der Waals surface area contributed by atoms with Crippen LogP contribution in [0, 0.1) is 0 Å². The molecular weight excluding hydrogens is 236 g/mol. The third kappa shape index (κ3) is 2.97. The summed E-state index contributed by atoms with van der Waals surface area (Å²) in [5.74, 6) is -1.44. The number of amides is 1. The zero-order chi connectivity index (χ0) is 13.7. The van der Waals surface area contributed by atoms with E-state index in [1.807, 2.05) is 6.92 Å². The summed E-state index contributed by atoms with van der Waals surface area (Å²) in [5, 5.41) is 0. The van der Waals surface area contributed by atoms with Gasteiger partial charge in [0.1, 0.15) is 5.56 Å². The topological polar surface area (TPSA) is 102 Å². The molecule has 6 heteroatoms. The van der Waals surface area contributed by atoms with E-state index in [1.165, 1.54) is 6.07 Å². The Morgan fingerprint density at radius 1 is 1.33 bits per heavy atom. The van der Waals surface area contributed by atoms with E-state index in [2.05, 4.69) is 4.98 Å². The fourth-order valence-electron chi connectivity index (χ4n) is 1.59. The Kier molecular flexibility index (Phi) is 4.65. The standard InChI is InChI=1S/C12H16N2O4/c1-3-5-9-7(12(17)18-4-2)6-8(10(13)15)11(16)14-9/h6H,3-5H2,1-2H3,(H2,13,15)(H,14,16). The highest BCUT2D eigenvalue weighted by Gasteiger charge is 2.17. The third-order valence-electron chi connectivity index (χ3n) is 2.38. The van der Waals surface area contributed by atoms with Crippen molar-refractivity contribution >= 4 is 11.9 Å². The first-order valence-corrected chi connectivity index (χ1v) is 5.74. The Balaban J connectivity index is 3.34. The lowest BCUT2D eigenvalue weighted by Crippen LogP contribution is -2.26. The van der Waals surface area contributed by atoms with Gasteiger partial charge < -0.3 is 15.5 Å². The highest BCUT2D eigenvalue weighted by molar-refractivity contribution is 5.97. The number of carbonyl (C=O) groups is 2. The van der Waals surface area contributed by atoms with Crippen molar-refractivity contribution in [3.63, 3.8) is 0 Å². The van der Waals surface area contributed by atoms with Gasteiger partial charge in [-0.15, -0.1) is 0 Å². The van der Waals surface area contributed by atoms with Crippen LogP contribution in [0.4, 0.5) is 0 Å². The summed E-state index contributed by atoms with van der Waals surface area (Å²) in [7, 11) is 0.